The monoisotopic (exact) mass is 242 g/mol. The first-order chi connectivity index (χ1) is 7.47. The Morgan fingerprint density at radius 2 is 1.41 bits per heavy atom. The van der Waals surface area contributed by atoms with Gasteiger partial charge in [-0.1, -0.05) is 0 Å². The predicted molar refractivity (Wildman–Crippen MR) is 76.8 cm³/mol. The fraction of sp³-hybridized carbons (Fsp3) is 0.923. The van der Waals surface area contributed by atoms with Gasteiger partial charge in [0.25, 0.3) is 0 Å². The Morgan fingerprint density at radius 1 is 0.941 bits per heavy atom. The van der Waals surface area contributed by atoms with Crippen molar-refractivity contribution < 1.29 is 0 Å². The maximum Gasteiger partial charge on any atom is 0.0559 e. The average Bonchev–Trinajstić information content (AvgIpc) is 2.12. The maximum absolute atomic E-state index is 5.97. The summed E-state index contributed by atoms with van der Waals surface area (Å²) in [4.78, 5) is 3.94. The molecule has 0 rings (SSSR count). The molecule has 0 aliphatic carbocycles. The second kappa shape index (κ2) is 5.94. The summed E-state index contributed by atoms with van der Waals surface area (Å²) >= 11 is 0. The lowest BCUT2D eigenvalue weighted by Gasteiger charge is -2.34. The van der Waals surface area contributed by atoms with Gasteiger partial charge in [0.15, 0.2) is 0 Å². The van der Waals surface area contributed by atoms with E-state index in [9.17, 15) is 0 Å². The van der Waals surface area contributed by atoms with E-state index in [4.69, 9.17) is 5.73 Å². The predicted octanol–water partition coefficient (Wildman–Crippen LogP) is 1.16. The fourth-order valence-corrected chi connectivity index (χ4v) is 1.33. The first kappa shape index (κ1) is 16.6. The molecule has 0 amide bonds. The summed E-state index contributed by atoms with van der Waals surface area (Å²) in [7, 11) is 0. The van der Waals surface area contributed by atoms with E-state index in [1.54, 1.807) is 0 Å². The summed E-state index contributed by atoms with van der Waals surface area (Å²) < 4.78 is 0. The van der Waals surface area contributed by atoms with E-state index in [0.29, 0.717) is 6.54 Å². The van der Waals surface area contributed by atoms with E-state index in [0.717, 1.165) is 13.1 Å². The van der Waals surface area contributed by atoms with Crippen molar-refractivity contribution in [3.8, 4) is 0 Å². The molecule has 0 bridgehead atoms. The second-order valence-electron chi connectivity index (χ2n) is 6.85. The molecule has 0 fully saturated rings. The summed E-state index contributed by atoms with van der Waals surface area (Å²) in [5.41, 5.74) is 5.78. The van der Waals surface area contributed by atoms with Gasteiger partial charge in [0.1, 0.15) is 0 Å². The molecular weight excluding hydrogens is 212 g/mol. The Hall–Kier alpha value is -0.450. The third kappa shape index (κ3) is 9.27. The molecule has 0 atom stereocenters. The van der Waals surface area contributed by atoms with Gasteiger partial charge in [-0.3, -0.25) is 4.99 Å². The van der Waals surface area contributed by atoms with Crippen LogP contribution in [0.3, 0.4) is 0 Å². The third-order valence-corrected chi connectivity index (χ3v) is 2.54. The molecule has 4 heteroatoms. The van der Waals surface area contributed by atoms with Crippen molar-refractivity contribution in [2.45, 2.75) is 58.2 Å². The highest BCUT2D eigenvalue weighted by Crippen LogP contribution is 2.07. The van der Waals surface area contributed by atoms with Crippen LogP contribution in [-0.4, -0.2) is 43.0 Å². The Labute approximate surface area is 106 Å². The van der Waals surface area contributed by atoms with Gasteiger partial charge in [0.2, 0.25) is 0 Å². The van der Waals surface area contributed by atoms with Gasteiger partial charge >= 0.3 is 0 Å². The van der Waals surface area contributed by atoms with E-state index in [1.165, 1.54) is 0 Å². The zero-order valence-corrected chi connectivity index (χ0v) is 12.4. The zero-order chi connectivity index (χ0) is 13.7. The van der Waals surface area contributed by atoms with Crippen molar-refractivity contribution in [1.82, 2.24) is 10.6 Å². The number of nitrogens with two attached hydrogens (primary N) is 1. The summed E-state index contributed by atoms with van der Waals surface area (Å²) in [6, 6.07) is 0. The van der Waals surface area contributed by atoms with Crippen LogP contribution in [0, 0.1) is 0 Å². The van der Waals surface area contributed by atoms with Gasteiger partial charge in [-0.2, -0.15) is 0 Å². The molecule has 0 radical (unpaired) electrons. The highest BCUT2D eigenvalue weighted by Gasteiger charge is 2.24. The van der Waals surface area contributed by atoms with Gasteiger partial charge in [-0.15, -0.1) is 0 Å². The average molecular weight is 242 g/mol. The minimum atomic E-state index is -0.185. The number of nitrogens with zero attached hydrogens (tertiary/aromatic N) is 1. The van der Waals surface area contributed by atoms with Crippen LogP contribution in [0.5, 0.6) is 0 Å². The molecule has 4 nitrogen and oxygen atoms in total. The lowest BCUT2D eigenvalue weighted by molar-refractivity contribution is 0.287. The molecule has 0 saturated heterocycles. The molecule has 17 heavy (non-hydrogen) atoms. The topological polar surface area (TPSA) is 62.4 Å². The van der Waals surface area contributed by atoms with Crippen LogP contribution >= 0.6 is 0 Å². The lowest BCUT2D eigenvalue weighted by atomic mass is 9.99. The fourth-order valence-electron chi connectivity index (χ4n) is 1.33. The van der Waals surface area contributed by atoms with Crippen LogP contribution < -0.4 is 16.4 Å². The molecule has 0 aromatic heterocycles. The third-order valence-electron chi connectivity index (χ3n) is 2.54. The number of rotatable bonds is 8. The SMILES string of the molecule is C=NCC(C)(C)NCC(C)(C)NCC(C)(C)N. The normalized spacial score (nSPS) is 13.8. The molecular formula is C13H30N4. The van der Waals surface area contributed by atoms with Gasteiger partial charge < -0.3 is 16.4 Å². The van der Waals surface area contributed by atoms with E-state index in [2.05, 4.69) is 50.0 Å². The standard InChI is InChI=1S/C13H30N4/c1-11(2,14)8-16-13(5,6)10-17-12(3,4)9-15-7/h16-17H,7-10,14H2,1-6H3. The minimum absolute atomic E-state index is 0.00901. The van der Waals surface area contributed by atoms with Crippen molar-refractivity contribution in [1.29, 1.82) is 0 Å². The van der Waals surface area contributed by atoms with Gasteiger partial charge in [-0.05, 0) is 48.3 Å². The molecule has 0 aliphatic heterocycles. The number of hydrogen-bond acceptors (Lipinski definition) is 4. The van der Waals surface area contributed by atoms with Gasteiger partial charge in [0, 0.05) is 29.7 Å². The quantitative estimate of drug-likeness (QED) is 0.560. The van der Waals surface area contributed by atoms with E-state index < -0.39 is 0 Å². The first-order valence-electron chi connectivity index (χ1n) is 6.19. The molecule has 0 saturated carbocycles. The van der Waals surface area contributed by atoms with Crippen LogP contribution in [0.15, 0.2) is 4.99 Å². The highest BCUT2D eigenvalue weighted by molar-refractivity contribution is 5.23. The molecule has 0 aliphatic rings. The molecule has 0 unspecified atom stereocenters. The minimum Gasteiger partial charge on any atom is -0.324 e. The summed E-state index contributed by atoms with van der Waals surface area (Å²) in [6.07, 6.45) is 0. The largest absolute Gasteiger partial charge is 0.324 e. The Kier molecular flexibility index (Phi) is 5.78. The highest BCUT2D eigenvalue weighted by atomic mass is 15.1. The number of hydrogen-bond donors (Lipinski definition) is 3. The Balaban J connectivity index is 4.13. The van der Waals surface area contributed by atoms with Crippen molar-refractivity contribution in [3.63, 3.8) is 0 Å². The molecule has 0 heterocycles. The van der Waals surface area contributed by atoms with Crippen LogP contribution in [0.2, 0.25) is 0 Å². The molecule has 4 N–H and O–H groups in total. The lowest BCUT2D eigenvalue weighted by Crippen LogP contribution is -2.57. The molecule has 0 aromatic rings. The number of aliphatic imine (C=N–C) groups is 1. The van der Waals surface area contributed by atoms with Crippen LogP contribution in [0.4, 0.5) is 0 Å². The van der Waals surface area contributed by atoms with Crippen LogP contribution in [-0.2, 0) is 0 Å². The van der Waals surface area contributed by atoms with Crippen LogP contribution in [0.25, 0.3) is 0 Å². The molecule has 0 spiro atoms. The summed E-state index contributed by atoms with van der Waals surface area (Å²) in [5.74, 6) is 0. The first-order valence-corrected chi connectivity index (χ1v) is 6.19. The van der Waals surface area contributed by atoms with Crippen LogP contribution in [0.1, 0.15) is 41.5 Å². The number of nitrogens with one attached hydrogen (secondary N) is 2. The van der Waals surface area contributed by atoms with Crippen molar-refractivity contribution in [3.05, 3.63) is 0 Å². The van der Waals surface area contributed by atoms with E-state index in [1.807, 2.05) is 13.8 Å². The second-order valence-corrected chi connectivity index (χ2v) is 6.85. The smallest absolute Gasteiger partial charge is 0.0559 e. The summed E-state index contributed by atoms with van der Waals surface area (Å²) in [5, 5.41) is 6.98. The van der Waals surface area contributed by atoms with Gasteiger partial charge in [0.05, 0.1) is 6.54 Å². The maximum atomic E-state index is 5.97. The zero-order valence-electron chi connectivity index (χ0n) is 12.4. The van der Waals surface area contributed by atoms with Crippen molar-refractivity contribution in [2.24, 2.45) is 10.7 Å². The van der Waals surface area contributed by atoms with Crippen molar-refractivity contribution in [2.75, 3.05) is 19.6 Å². The van der Waals surface area contributed by atoms with E-state index in [-0.39, 0.29) is 16.6 Å². The molecule has 102 valence electrons. The summed E-state index contributed by atoms with van der Waals surface area (Å²) in [6.45, 7) is 18.6. The Morgan fingerprint density at radius 3 is 1.82 bits per heavy atom. The van der Waals surface area contributed by atoms with Gasteiger partial charge in [-0.25, -0.2) is 0 Å². The molecule has 0 aromatic carbocycles. The van der Waals surface area contributed by atoms with Crippen molar-refractivity contribution >= 4 is 6.72 Å². The van der Waals surface area contributed by atoms with E-state index >= 15 is 0 Å². The Bertz CT molecular complexity index is 238.